The molecule has 2 N–H and O–H groups in total. The van der Waals surface area contributed by atoms with Crippen LogP contribution >= 0.6 is 0 Å². The largest absolute Gasteiger partial charge is 0.481 e. The summed E-state index contributed by atoms with van der Waals surface area (Å²) in [5.41, 5.74) is 1.84. The third-order valence-corrected chi connectivity index (χ3v) is 2.95. The van der Waals surface area contributed by atoms with E-state index < -0.39 is 5.97 Å². The Morgan fingerprint density at radius 3 is 2.90 bits per heavy atom. The van der Waals surface area contributed by atoms with Crippen LogP contribution in [0.1, 0.15) is 36.0 Å². The van der Waals surface area contributed by atoms with Gasteiger partial charge in [-0.15, -0.1) is 0 Å². The Balaban J connectivity index is 1.75. The molecule has 0 fully saturated rings. The van der Waals surface area contributed by atoms with E-state index in [4.69, 9.17) is 9.52 Å². The molecule has 0 aliphatic rings. The van der Waals surface area contributed by atoms with Crippen molar-refractivity contribution in [3.8, 4) is 0 Å². The number of unbranched alkanes of at least 4 members (excludes halogenated alkanes) is 2. The van der Waals surface area contributed by atoms with Crippen LogP contribution in [0.5, 0.6) is 0 Å². The predicted octanol–water partition coefficient (Wildman–Crippen LogP) is 2.20. The second-order valence-corrected chi connectivity index (χ2v) is 4.50. The first-order chi connectivity index (χ1) is 9.66. The van der Waals surface area contributed by atoms with Crippen molar-refractivity contribution in [3.05, 3.63) is 30.2 Å². The molecular formula is C14H16N2O4. The number of fused-ring (bicyclic) bond motifs is 1. The van der Waals surface area contributed by atoms with Crippen LogP contribution in [0.3, 0.4) is 0 Å². The molecule has 1 amide bonds. The summed E-state index contributed by atoms with van der Waals surface area (Å²) >= 11 is 0. The molecule has 0 unspecified atom stereocenters. The van der Waals surface area contributed by atoms with Crippen LogP contribution in [-0.4, -0.2) is 28.5 Å². The number of aromatic nitrogens is 1. The molecule has 0 saturated carbocycles. The maximum absolute atomic E-state index is 11.9. The molecule has 6 heteroatoms. The third kappa shape index (κ3) is 3.81. The van der Waals surface area contributed by atoms with E-state index in [2.05, 4.69) is 10.3 Å². The van der Waals surface area contributed by atoms with Crippen LogP contribution in [-0.2, 0) is 4.79 Å². The number of oxazole rings is 1. The maximum atomic E-state index is 11.9. The number of aliphatic carboxylic acids is 1. The standard InChI is InChI=1S/C14H16N2O4/c17-13(18)4-2-1-3-7-15-14(19)10-5-6-12-11(8-10)16-9-20-12/h5-6,8-9H,1-4,7H2,(H,15,19)(H,17,18). The summed E-state index contributed by atoms with van der Waals surface area (Å²) in [6, 6.07) is 5.08. The lowest BCUT2D eigenvalue weighted by molar-refractivity contribution is -0.137. The number of nitrogens with one attached hydrogen (secondary N) is 1. The molecule has 1 aromatic carbocycles. The summed E-state index contributed by atoms with van der Waals surface area (Å²) in [4.78, 5) is 26.2. The molecule has 0 aliphatic heterocycles. The second-order valence-electron chi connectivity index (χ2n) is 4.50. The van der Waals surface area contributed by atoms with E-state index in [1.807, 2.05) is 0 Å². The lowest BCUT2D eigenvalue weighted by Gasteiger charge is -2.04. The van der Waals surface area contributed by atoms with Crippen molar-refractivity contribution in [2.45, 2.75) is 25.7 Å². The van der Waals surface area contributed by atoms with Gasteiger partial charge in [0.05, 0.1) is 0 Å². The highest BCUT2D eigenvalue weighted by Crippen LogP contribution is 2.14. The minimum Gasteiger partial charge on any atom is -0.481 e. The van der Waals surface area contributed by atoms with Gasteiger partial charge in [-0.05, 0) is 31.0 Å². The predicted molar refractivity (Wildman–Crippen MR) is 72.4 cm³/mol. The smallest absolute Gasteiger partial charge is 0.303 e. The molecule has 0 saturated heterocycles. The number of carboxylic acids is 1. The normalized spacial score (nSPS) is 10.6. The molecule has 0 bridgehead atoms. The number of rotatable bonds is 7. The molecule has 1 aromatic heterocycles. The van der Waals surface area contributed by atoms with E-state index >= 15 is 0 Å². The molecule has 106 valence electrons. The second kappa shape index (κ2) is 6.70. The monoisotopic (exact) mass is 276 g/mol. The van der Waals surface area contributed by atoms with Gasteiger partial charge in [0.2, 0.25) is 0 Å². The van der Waals surface area contributed by atoms with Crippen molar-refractivity contribution in [2.24, 2.45) is 0 Å². The molecular weight excluding hydrogens is 260 g/mol. The van der Waals surface area contributed by atoms with Crippen LogP contribution < -0.4 is 5.32 Å². The van der Waals surface area contributed by atoms with Gasteiger partial charge in [-0.1, -0.05) is 6.42 Å². The van der Waals surface area contributed by atoms with Crippen LogP contribution in [0.4, 0.5) is 0 Å². The highest BCUT2D eigenvalue weighted by molar-refractivity contribution is 5.96. The topological polar surface area (TPSA) is 92.4 Å². The zero-order valence-electron chi connectivity index (χ0n) is 11.0. The SMILES string of the molecule is O=C(O)CCCCCNC(=O)c1ccc2ocnc2c1. The van der Waals surface area contributed by atoms with Crippen molar-refractivity contribution in [1.82, 2.24) is 10.3 Å². The van der Waals surface area contributed by atoms with Crippen molar-refractivity contribution < 1.29 is 19.1 Å². The minimum atomic E-state index is -0.782. The molecule has 2 rings (SSSR count). The van der Waals surface area contributed by atoms with Gasteiger partial charge in [-0.25, -0.2) is 4.98 Å². The van der Waals surface area contributed by atoms with Crippen molar-refractivity contribution in [3.63, 3.8) is 0 Å². The van der Waals surface area contributed by atoms with E-state index in [1.54, 1.807) is 18.2 Å². The van der Waals surface area contributed by atoms with Gasteiger partial charge in [-0.2, -0.15) is 0 Å². The summed E-state index contributed by atoms with van der Waals surface area (Å²) in [6.45, 7) is 0.537. The average Bonchev–Trinajstić information content (AvgIpc) is 2.89. The molecule has 1 heterocycles. The summed E-state index contributed by atoms with van der Waals surface area (Å²) in [5.74, 6) is -0.942. The molecule has 20 heavy (non-hydrogen) atoms. The van der Waals surface area contributed by atoms with Gasteiger partial charge in [0.1, 0.15) is 5.52 Å². The van der Waals surface area contributed by atoms with Crippen molar-refractivity contribution in [1.29, 1.82) is 0 Å². The fourth-order valence-electron chi connectivity index (χ4n) is 1.88. The number of hydrogen-bond acceptors (Lipinski definition) is 4. The van der Waals surface area contributed by atoms with Crippen molar-refractivity contribution >= 4 is 23.0 Å². The highest BCUT2D eigenvalue weighted by Gasteiger charge is 2.07. The third-order valence-electron chi connectivity index (χ3n) is 2.95. The molecule has 0 radical (unpaired) electrons. The maximum Gasteiger partial charge on any atom is 0.303 e. The average molecular weight is 276 g/mol. The molecule has 2 aromatic rings. The number of carbonyl (C=O) groups excluding carboxylic acids is 1. The van der Waals surface area contributed by atoms with E-state index in [0.717, 1.165) is 12.8 Å². The van der Waals surface area contributed by atoms with Gasteiger partial charge in [0, 0.05) is 18.5 Å². The quantitative estimate of drug-likeness (QED) is 0.756. The van der Waals surface area contributed by atoms with Crippen LogP contribution in [0.2, 0.25) is 0 Å². The van der Waals surface area contributed by atoms with Gasteiger partial charge >= 0.3 is 5.97 Å². The fourth-order valence-corrected chi connectivity index (χ4v) is 1.88. The summed E-state index contributed by atoms with van der Waals surface area (Å²) in [6.07, 6.45) is 3.71. The minimum absolute atomic E-state index is 0.159. The highest BCUT2D eigenvalue weighted by atomic mass is 16.4. The van der Waals surface area contributed by atoms with Gasteiger partial charge in [0.15, 0.2) is 12.0 Å². The van der Waals surface area contributed by atoms with Gasteiger partial charge in [0.25, 0.3) is 5.91 Å². The zero-order chi connectivity index (χ0) is 14.4. The number of amides is 1. The van der Waals surface area contributed by atoms with Crippen LogP contribution in [0.25, 0.3) is 11.1 Å². The molecule has 0 aliphatic carbocycles. The molecule has 0 atom stereocenters. The Morgan fingerprint density at radius 2 is 2.10 bits per heavy atom. The Labute approximate surface area is 115 Å². The van der Waals surface area contributed by atoms with Crippen LogP contribution in [0.15, 0.2) is 29.0 Å². The van der Waals surface area contributed by atoms with Gasteiger partial charge in [-0.3, -0.25) is 9.59 Å². The fraction of sp³-hybridized carbons (Fsp3) is 0.357. The zero-order valence-corrected chi connectivity index (χ0v) is 11.0. The van der Waals surface area contributed by atoms with E-state index in [-0.39, 0.29) is 12.3 Å². The summed E-state index contributed by atoms with van der Waals surface area (Å²) < 4.78 is 5.11. The number of benzene rings is 1. The Hall–Kier alpha value is -2.37. The first-order valence-corrected chi connectivity index (χ1v) is 6.50. The molecule has 0 spiro atoms. The first kappa shape index (κ1) is 14.0. The Kier molecular flexibility index (Phi) is 4.70. The van der Waals surface area contributed by atoms with Gasteiger partial charge < -0.3 is 14.8 Å². The number of carboxylic acid groups (broad SMARTS) is 1. The van der Waals surface area contributed by atoms with Crippen molar-refractivity contribution in [2.75, 3.05) is 6.54 Å². The lowest BCUT2D eigenvalue weighted by atomic mass is 10.1. The number of carbonyl (C=O) groups is 2. The Morgan fingerprint density at radius 1 is 1.25 bits per heavy atom. The summed E-state index contributed by atoms with van der Waals surface area (Å²) in [7, 11) is 0. The number of nitrogens with zero attached hydrogens (tertiary/aromatic N) is 1. The van der Waals surface area contributed by atoms with E-state index in [1.165, 1.54) is 6.39 Å². The summed E-state index contributed by atoms with van der Waals surface area (Å²) in [5, 5.41) is 11.3. The van der Waals surface area contributed by atoms with E-state index in [9.17, 15) is 9.59 Å². The molecule has 6 nitrogen and oxygen atoms in total. The Bertz CT molecular complexity index is 606. The number of hydrogen-bond donors (Lipinski definition) is 2. The first-order valence-electron chi connectivity index (χ1n) is 6.50. The van der Waals surface area contributed by atoms with E-state index in [0.29, 0.717) is 29.6 Å². The lowest BCUT2D eigenvalue weighted by Crippen LogP contribution is -2.24. The van der Waals surface area contributed by atoms with Crippen LogP contribution in [0, 0.1) is 0 Å².